The van der Waals surface area contributed by atoms with Crippen LogP contribution in [-0.4, -0.2) is 17.7 Å². The van der Waals surface area contributed by atoms with E-state index < -0.39 is 0 Å². The minimum absolute atomic E-state index is 0.258. The van der Waals surface area contributed by atoms with E-state index in [-0.39, 0.29) is 17.7 Å². The molecule has 3 amide bonds. The first-order valence-corrected chi connectivity index (χ1v) is 7.27. The van der Waals surface area contributed by atoms with Gasteiger partial charge in [-0.15, -0.1) is 0 Å². The molecule has 1 aliphatic heterocycles. The monoisotopic (exact) mass is 308 g/mol. The van der Waals surface area contributed by atoms with E-state index in [0.717, 1.165) is 16.0 Å². The summed E-state index contributed by atoms with van der Waals surface area (Å²) in [7, 11) is 0. The summed E-state index contributed by atoms with van der Waals surface area (Å²) >= 11 is 0. The first-order chi connectivity index (χ1) is 10.9. The van der Waals surface area contributed by atoms with Gasteiger partial charge in [-0.05, 0) is 49.2 Å². The van der Waals surface area contributed by atoms with Crippen LogP contribution in [0.15, 0.2) is 36.4 Å². The number of rotatable bonds is 2. The van der Waals surface area contributed by atoms with Crippen molar-refractivity contribution in [1.29, 1.82) is 0 Å². The molecule has 0 bridgehead atoms. The summed E-state index contributed by atoms with van der Waals surface area (Å²) in [6.07, 6.45) is 0. The summed E-state index contributed by atoms with van der Waals surface area (Å²) in [5.41, 5.74) is 3.51. The van der Waals surface area contributed by atoms with Crippen molar-refractivity contribution >= 4 is 29.1 Å². The zero-order chi connectivity index (χ0) is 16.7. The van der Waals surface area contributed by atoms with Crippen LogP contribution >= 0.6 is 0 Å². The highest BCUT2D eigenvalue weighted by Crippen LogP contribution is 2.35. The standard InChI is InChI=1S/C18H16N2O3/c1-10-8-15(19-12(3)21)16(9-11(10)2)20-17(22)13-6-4-5-7-14(13)18(20)23/h4-9H,1-3H3,(H,19,21). The fraction of sp³-hybridized carbons (Fsp3) is 0.167. The molecule has 0 atom stereocenters. The lowest BCUT2D eigenvalue weighted by Gasteiger charge is -2.20. The Morgan fingerprint density at radius 3 is 2.00 bits per heavy atom. The van der Waals surface area contributed by atoms with E-state index in [2.05, 4.69) is 5.32 Å². The lowest BCUT2D eigenvalue weighted by Crippen LogP contribution is -2.30. The molecular formula is C18H16N2O3. The van der Waals surface area contributed by atoms with E-state index in [1.807, 2.05) is 13.8 Å². The van der Waals surface area contributed by atoms with Crippen molar-refractivity contribution < 1.29 is 14.4 Å². The second kappa shape index (κ2) is 5.35. The molecule has 23 heavy (non-hydrogen) atoms. The molecule has 1 heterocycles. The number of carbonyl (C=O) groups excluding carboxylic acids is 3. The van der Waals surface area contributed by atoms with Crippen LogP contribution in [0.5, 0.6) is 0 Å². The van der Waals surface area contributed by atoms with Crippen molar-refractivity contribution in [2.75, 3.05) is 10.2 Å². The average molecular weight is 308 g/mol. The molecule has 3 rings (SSSR count). The Balaban J connectivity index is 2.16. The van der Waals surface area contributed by atoms with Crippen LogP contribution in [0.4, 0.5) is 11.4 Å². The largest absolute Gasteiger partial charge is 0.325 e. The Bertz CT molecular complexity index is 820. The summed E-state index contributed by atoms with van der Waals surface area (Å²) in [6.45, 7) is 5.20. The zero-order valence-electron chi connectivity index (χ0n) is 13.1. The molecule has 0 spiro atoms. The van der Waals surface area contributed by atoms with Gasteiger partial charge in [-0.1, -0.05) is 12.1 Å². The number of anilines is 2. The molecule has 5 nitrogen and oxygen atoms in total. The molecule has 1 aliphatic rings. The second-order valence-corrected chi connectivity index (χ2v) is 5.63. The quantitative estimate of drug-likeness (QED) is 0.867. The molecule has 0 radical (unpaired) electrons. The van der Waals surface area contributed by atoms with E-state index in [1.54, 1.807) is 36.4 Å². The molecule has 0 fully saturated rings. The number of fused-ring (bicyclic) bond motifs is 1. The Kier molecular flexibility index (Phi) is 3.48. The van der Waals surface area contributed by atoms with Gasteiger partial charge in [0.15, 0.2) is 0 Å². The molecule has 2 aromatic rings. The van der Waals surface area contributed by atoms with Crippen molar-refractivity contribution in [1.82, 2.24) is 0 Å². The van der Waals surface area contributed by atoms with Gasteiger partial charge < -0.3 is 5.32 Å². The van der Waals surface area contributed by atoms with Gasteiger partial charge in [0.1, 0.15) is 0 Å². The van der Waals surface area contributed by atoms with E-state index >= 15 is 0 Å². The van der Waals surface area contributed by atoms with Crippen LogP contribution in [-0.2, 0) is 4.79 Å². The van der Waals surface area contributed by atoms with E-state index in [0.29, 0.717) is 22.5 Å². The van der Waals surface area contributed by atoms with Crippen molar-refractivity contribution in [2.24, 2.45) is 0 Å². The average Bonchev–Trinajstić information content (AvgIpc) is 2.75. The van der Waals surface area contributed by atoms with E-state index in [1.165, 1.54) is 6.92 Å². The van der Waals surface area contributed by atoms with Crippen molar-refractivity contribution in [3.8, 4) is 0 Å². The maximum Gasteiger partial charge on any atom is 0.266 e. The molecule has 5 heteroatoms. The number of aryl methyl sites for hydroxylation is 2. The smallest absolute Gasteiger partial charge is 0.266 e. The highest BCUT2D eigenvalue weighted by Gasteiger charge is 2.37. The lowest BCUT2D eigenvalue weighted by atomic mass is 10.1. The van der Waals surface area contributed by atoms with Gasteiger partial charge in [0.05, 0.1) is 22.5 Å². The first kappa shape index (κ1) is 15.0. The van der Waals surface area contributed by atoms with Gasteiger partial charge in [-0.25, -0.2) is 4.90 Å². The minimum Gasteiger partial charge on any atom is -0.325 e. The highest BCUT2D eigenvalue weighted by atomic mass is 16.2. The van der Waals surface area contributed by atoms with Gasteiger partial charge >= 0.3 is 0 Å². The Labute approximate surface area is 133 Å². The van der Waals surface area contributed by atoms with Gasteiger partial charge in [-0.2, -0.15) is 0 Å². The third-order valence-electron chi connectivity index (χ3n) is 3.96. The molecule has 0 saturated carbocycles. The summed E-state index contributed by atoms with van der Waals surface area (Å²) in [5, 5.41) is 2.70. The Hall–Kier alpha value is -2.95. The number of benzene rings is 2. The minimum atomic E-state index is -0.375. The second-order valence-electron chi connectivity index (χ2n) is 5.63. The van der Waals surface area contributed by atoms with Crippen LogP contribution in [0, 0.1) is 13.8 Å². The number of hydrogen-bond acceptors (Lipinski definition) is 3. The van der Waals surface area contributed by atoms with Crippen LogP contribution < -0.4 is 10.2 Å². The lowest BCUT2D eigenvalue weighted by molar-refractivity contribution is -0.114. The predicted octanol–water partition coefficient (Wildman–Crippen LogP) is 3.06. The van der Waals surface area contributed by atoms with Gasteiger partial charge in [0.25, 0.3) is 11.8 Å². The van der Waals surface area contributed by atoms with E-state index in [9.17, 15) is 14.4 Å². The Morgan fingerprint density at radius 2 is 1.48 bits per heavy atom. The normalized spacial score (nSPS) is 13.3. The van der Waals surface area contributed by atoms with Gasteiger partial charge in [0, 0.05) is 6.92 Å². The van der Waals surface area contributed by atoms with Crippen LogP contribution in [0.25, 0.3) is 0 Å². The van der Waals surface area contributed by atoms with Gasteiger partial charge in [0.2, 0.25) is 5.91 Å². The van der Waals surface area contributed by atoms with Crippen molar-refractivity contribution in [3.05, 3.63) is 58.7 Å². The summed E-state index contributed by atoms with van der Waals surface area (Å²) in [4.78, 5) is 37.9. The maximum absolute atomic E-state index is 12.6. The van der Waals surface area contributed by atoms with E-state index in [4.69, 9.17) is 0 Å². The van der Waals surface area contributed by atoms with Crippen LogP contribution in [0.1, 0.15) is 38.8 Å². The summed E-state index contributed by atoms with van der Waals surface area (Å²) < 4.78 is 0. The van der Waals surface area contributed by atoms with Crippen LogP contribution in [0.3, 0.4) is 0 Å². The number of amides is 3. The Morgan fingerprint density at radius 1 is 0.957 bits per heavy atom. The number of nitrogens with one attached hydrogen (secondary N) is 1. The third-order valence-corrected chi connectivity index (χ3v) is 3.96. The summed E-state index contributed by atoms with van der Waals surface area (Å²) in [6, 6.07) is 10.2. The highest BCUT2D eigenvalue weighted by molar-refractivity contribution is 6.35. The topological polar surface area (TPSA) is 66.5 Å². The van der Waals surface area contributed by atoms with Crippen molar-refractivity contribution in [3.63, 3.8) is 0 Å². The molecule has 116 valence electrons. The van der Waals surface area contributed by atoms with Crippen molar-refractivity contribution in [2.45, 2.75) is 20.8 Å². The predicted molar refractivity (Wildman–Crippen MR) is 87.8 cm³/mol. The molecule has 0 saturated heterocycles. The number of hydrogen-bond donors (Lipinski definition) is 1. The molecule has 2 aromatic carbocycles. The number of carbonyl (C=O) groups is 3. The number of imide groups is 1. The molecule has 0 aromatic heterocycles. The molecule has 0 unspecified atom stereocenters. The fourth-order valence-electron chi connectivity index (χ4n) is 2.68. The summed E-state index contributed by atoms with van der Waals surface area (Å²) in [5.74, 6) is -1.01. The zero-order valence-corrected chi connectivity index (χ0v) is 13.1. The third kappa shape index (κ3) is 2.40. The number of nitrogens with zero attached hydrogens (tertiary/aromatic N) is 1. The van der Waals surface area contributed by atoms with Gasteiger partial charge in [-0.3, -0.25) is 14.4 Å². The fourth-order valence-corrected chi connectivity index (χ4v) is 2.68. The first-order valence-electron chi connectivity index (χ1n) is 7.27. The van der Waals surface area contributed by atoms with Crippen LogP contribution in [0.2, 0.25) is 0 Å². The maximum atomic E-state index is 12.6. The molecule has 0 aliphatic carbocycles. The molecule has 1 N–H and O–H groups in total. The SMILES string of the molecule is CC(=O)Nc1cc(C)c(C)cc1N1C(=O)c2ccccc2C1=O. The molecular weight excluding hydrogens is 292 g/mol.